The molecule has 30 heavy (non-hydrogen) atoms. The quantitative estimate of drug-likeness (QED) is 0.526. The predicted octanol–water partition coefficient (Wildman–Crippen LogP) is 4.10. The molecule has 6 nitrogen and oxygen atoms in total. The molecule has 4 aromatic rings. The molecule has 2 heterocycles. The third-order valence-electron chi connectivity index (χ3n) is 4.99. The lowest BCUT2D eigenvalue weighted by atomic mass is 10.1. The van der Waals surface area contributed by atoms with E-state index in [4.69, 9.17) is 5.11 Å². The number of aromatic nitrogens is 3. The van der Waals surface area contributed by atoms with Crippen molar-refractivity contribution in [2.24, 2.45) is 13.0 Å². The van der Waals surface area contributed by atoms with Crippen molar-refractivity contribution in [3.05, 3.63) is 54.2 Å². The van der Waals surface area contributed by atoms with Gasteiger partial charge in [-0.1, -0.05) is 6.92 Å². The van der Waals surface area contributed by atoms with Crippen LogP contribution in [-0.4, -0.2) is 32.0 Å². The first-order chi connectivity index (χ1) is 14.2. The number of aliphatic hydroxyl groups is 1. The Kier molecular flexibility index (Phi) is 4.77. The van der Waals surface area contributed by atoms with Crippen molar-refractivity contribution < 1.29 is 23.1 Å². The first-order valence-electron chi connectivity index (χ1n) is 9.26. The van der Waals surface area contributed by atoms with Crippen LogP contribution in [0.15, 0.2) is 48.7 Å². The summed E-state index contributed by atoms with van der Waals surface area (Å²) in [5.41, 5.74) is 1.74. The molecule has 0 saturated carbocycles. The zero-order valence-corrected chi connectivity index (χ0v) is 16.2. The van der Waals surface area contributed by atoms with Crippen LogP contribution in [0, 0.1) is 5.92 Å². The number of fused-ring (bicyclic) bond motifs is 3. The summed E-state index contributed by atoms with van der Waals surface area (Å²) in [7, 11) is 1.76. The summed E-state index contributed by atoms with van der Waals surface area (Å²) in [6, 6.07) is 10.2. The highest BCUT2D eigenvalue weighted by Gasteiger charge is 2.30. The van der Waals surface area contributed by atoms with Gasteiger partial charge in [0.15, 0.2) is 5.65 Å². The second-order valence-corrected chi connectivity index (χ2v) is 7.22. The van der Waals surface area contributed by atoms with Gasteiger partial charge in [0.2, 0.25) is 5.91 Å². The van der Waals surface area contributed by atoms with Gasteiger partial charge in [0.1, 0.15) is 0 Å². The number of aryl methyl sites for hydroxylation is 1. The monoisotopic (exact) mass is 416 g/mol. The van der Waals surface area contributed by atoms with Gasteiger partial charge >= 0.3 is 6.18 Å². The predicted molar refractivity (Wildman–Crippen MR) is 107 cm³/mol. The van der Waals surface area contributed by atoms with E-state index in [0.29, 0.717) is 17.0 Å². The van der Waals surface area contributed by atoms with Crippen molar-refractivity contribution >= 4 is 33.5 Å². The number of hydrogen-bond acceptors (Lipinski definition) is 3. The van der Waals surface area contributed by atoms with Crippen molar-refractivity contribution in [1.29, 1.82) is 0 Å². The van der Waals surface area contributed by atoms with E-state index in [1.807, 2.05) is 6.20 Å². The summed E-state index contributed by atoms with van der Waals surface area (Å²) in [5, 5.41) is 18.0. The van der Waals surface area contributed by atoms with Gasteiger partial charge in [0, 0.05) is 35.4 Å². The number of hydrogen-bond donors (Lipinski definition) is 2. The summed E-state index contributed by atoms with van der Waals surface area (Å²) in [4.78, 5) is 12.1. The second kappa shape index (κ2) is 7.17. The molecule has 0 radical (unpaired) electrons. The molecular formula is C21H19F3N4O2. The molecule has 0 aliphatic carbocycles. The molecule has 2 aromatic heterocycles. The van der Waals surface area contributed by atoms with E-state index >= 15 is 0 Å². The number of anilines is 1. The highest BCUT2D eigenvalue weighted by Crippen LogP contribution is 2.34. The Balaban J connectivity index is 1.84. The molecule has 0 fully saturated rings. The molecule has 1 amide bonds. The number of rotatable bonds is 4. The van der Waals surface area contributed by atoms with Crippen LogP contribution in [0.1, 0.15) is 12.5 Å². The third-order valence-corrected chi connectivity index (χ3v) is 4.99. The standard InChI is InChI=1S/C21H19F3N4O2/c1-12(11-29)20(30)25-14-5-8-18-16(9-14)17-10-27(2)26-19(17)28(18)15-6-3-13(4-7-15)21(22,23)24/h3-10,12,29H,11H2,1-2H3,(H,25,30)/t12-/m1/s1. The highest BCUT2D eigenvalue weighted by molar-refractivity contribution is 6.09. The molecule has 0 aliphatic rings. The van der Waals surface area contributed by atoms with E-state index in [0.717, 1.165) is 28.4 Å². The fourth-order valence-corrected chi connectivity index (χ4v) is 3.38. The van der Waals surface area contributed by atoms with Crippen molar-refractivity contribution in [2.45, 2.75) is 13.1 Å². The molecule has 156 valence electrons. The Hall–Kier alpha value is -3.33. The fraction of sp³-hybridized carbons (Fsp3) is 0.238. The van der Waals surface area contributed by atoms with Crippen LogP contribution in [0.3, 0.4) is 0 Å². The largest absolute Gasteiger partial charge is 0.416 e. The van der Waals surface area contributed by atoms with Gasteiger partial charge in [-0.25, -0.2) is 0 Å². The van der Waals surface area contributed by atoms with Crippen LogP contribution >= 0.6 is 0 Å². The Bertz CT molecular complexity index is 1240. The van der Waals surface area contributed by atoms with Crippen LogP contribution in [0.5, 0.6) is 0 Å². The molecule has 0 unspecified atom stereocenters. The lowest BCUT2D eigenvalue weighted by Crippen LogP contribution is -2.22. The van der Waals surface area contributed by atoms with Gasteiger partial charge < -0.3 is 10.4 Å². The van der Waals surface area contributed by atoms with Gasteiger partial charge in [-0.2, -0.15) is 18.3 Å². The average molecular weight is 416 g/mol. The van der Waals surface area contributed by atoms with E-state index in [2.05, 4.69) is 10.4 Å². The Labute approximate surface area is 169 Å². The second-order valence-electron chi connectivity index (χ2n) is 7.22. The van der Waals surface area contributed by atoms with Gasteiger partial charge in [-0.05, 0) is 42.5 Å². The molecular weight excluding hydrogens is 397 g/mol. The zero-order valence-electron chi connectivity index (χ0n) is 16.2. The highest BCUT2D eigenvalue weighted by atomic mass is 19.4. The maximum Gasteiger partial charge on any atom is 0.416 e. The lowest BCUT2D eigenvalue weighted by molar-refractivity contribution is -0.137. The normalized spacial score (nSPS) is 13.1. The minimum Gasteiger partial charge on any atom is -0.396 e. The first-order valence-corrected chi connectivity index (χ1v) is 9.26. The van der Waals surface area contributed by atoms with Crippen LogP contribution in [0.4, 0.5) is 18.9 Å². The van der Waals surface area contributed by atoms with E-state index in [-0.39, 0.29) is 12.5 Å². The van der Waals surface area contributed by atoms with E-state index in [9.17, 15) is 18.0 Å². The SMILES string of the molecule is C[C@H](CO)C(=O)Nc1ccc2c(c1)c1cn(C)nc1n2-c1ccc(C(F)(F)F)cc1. The number of benzene rings is 2. The van der Waals surface area contributed by atoms with Crippen molar-refractivity contribution in [3.8, 4) is 5.69 Å². The molecule has 4 rings (SSSR count). The molecule has 0 bridgehead atoms. The van der Waals surface area contributed by atoms with Gasteiger partial charge in [0.25, 0.3) is 0 Å². The number of amides is 1. The van der Waals surface area contributed by atoms with E-state index in [1.165, 1.54) is 12.1 Å². The molecule has 0 spiro atoms. The minimum atomic E-state index is -4.41. The number of nitrogens with one attached hydrogen (secondary N) is 1. The number of carbonyl (C=O) groups is 1. The smallest absolute Gasteiger partial charge is 0.396 e. The fourth-order valence-electron chi connectivity index (χ4n) is 3.38. The van der Waals surface area contributed by atoms with Crippen LogP contribution in [0.25, 0.3) is 27.6 Å². The number of halogens is 3. The Morgan fingerprint density at radius 1 is 1.17 bits per heavy atom. The first kappa shape index (κ1) is 20.0. The minimum absolute atomic E-state index is 0.259. The van der Waals surface area contributed by atoms with Crippen LogP contribution in [-0.2, 0) is 18.0 Å². The van der Waals surface area contributed by atoms with Crippen molar-refractivity contribution in [2.75, 3.05) is 11.9 Å². The summed E-state index contributed by atoms with van der Waals surface area (Å²) in [6.45, 7) is 1.36. The topological polar surface area (TPSA) is 72.1 Å². The Morgan fingerprint density at radius 3 is 2.50 bits per heavy atom. The molecule has 2 aromatic carbocycles. The molecule has 1 atom stereocenters. The molecule has 0 aliphatic heterocycles. The molecule has 0 saturated heterocycles. The summed E-state index contributed by atoms with van der Waals surface area (Å²) < 4.78 is 42.2. The van der Waals surface area contributed by atoms with Crippen LogP contribution < -0.4 is 5.32 Å². The number of carbonyl (C=O) groups excluding carboxylic acids is 1. The lowest BCUT2D eigenvalue weighted by Gasteiger charge is -2.11. The number of alkyl halides is 3. The third kappa shape index (κ3) is 3.41. The number of aliphatic hydroxyl groups excluding tert-OH is 1. The molecule has 9 heteroatoms. The maximum absolute atomic E-state index is 12.9. The molecule has 2 N–H and O–H groups in total. The summed E-state index contributed by atoms with van der Waals surface area (Å²) in [5.74, 6) is -0.850. The van der Waals surface area contributed by atoms with E-state index in [1.54, 1.807) is 41.4 Å². The van der Waals surface area contributed by atoms with Crippen LogP contribution in [0.2, 0.25) is 0 Å². The maximum atomic E-state index is 12.9. The van der Waals surface area contributed by atoms with Crippen molar-refractivity contribution in [1.82, 2.24) is 14.3 Å². The summed E-state index contributed by atoms with van der Waals surface area (Å²) in [6.07, 6.45) is -2.59. The summed E-state index contributed by atoms with van der Waals surface area (Å²) >= 11 is 0. The van der Waals surface area contributed by atoms with Gasteiger partial charge in [-0.15, -0.1) is 0 Å². The van der Waals surface area contributed by atoms with Crippen molar-refractivity contribution in [3.63, 3.8) is 0 Å². The van der Waals surface area contributed by atoms with Gasteiger partial charge in [0.05, 0.1) is 23.6 Å². The van der Waals surface area contributed by atoms with Gasteiger partial charge in [-0.3, -0.25) is 14.0 Å². The Morgan fingerprint density at radius 2 is 1.87 bits per heavy atom. The zero-order chi connectivity index (χ0) is 21.6. The van der Waals surface area contributed by atoms with E-state index < -0.39 is 17.7 Å². The average Bonchev–Trinajstić information content (AvgIpc) is 3.21. The number of nitrogens with zero attached hydrogens (tertiary/aromatic N) is 3.